The number of hydrogen-bond acceptors (Lipinski definition) is 6. The molecule has 0 unspecified atom stereocenters. The number of pyridine rings is 1. The van der Waals surface area contributed by atoms with Crippen molar-refractivity contribution >= 4 is 17.0 Å². The van der Waals surface area contributed by atoms with Crippen LogP contribution in [-0.4, -0.2) is 27.5 Å². The molecule has 126 valence electrons. The summed E-state index contributed by atoms with van der Waals surface area (Å²) < 4.78 is 49.6. The molecule has 2 heterocycles. The fraction of sp³-hybridized carbons (Fsp3) is 0.214. The van der Waals surface area contributed by atoms with Gasteiger partial charge >= 0.3 is 6.18 Å². The summed E-state index contributed by atoms with van der Waals surface area (Å²) in [4.78, 5) is 3.95. The van der Waals surface area contributed by atoms with Crippen LogP contribution in [0.2, 0.25) is 0 Å². The number of nitrogens with one attached hydrogen (secondary N) is 1. The molecule has 0 saturated heterocycles. The van der Waals surface area contributed by atoms with Crippen molar-refractivity contribution in [3.63, 3.8) is 0 Å². The largest absolute Gasteiger partial charge is 0.496 e. The fourth-order valence-corrected chi connectivity index (χ4v) is 2.25. The number of halogens is 3. The molecule has 1 aromatic carbocycles. The van der Waals surface area contributed by atoms with Crippen molar-refractivity contribution < 1.29 is 22.6 Å². The van der Waals surface area contributed by atoms with Crippen molar-refractivity contribution in [2.75, 3.05) is 12.8 Å². The molecular weight excluding hydrogens is 327 g/mol. The highest BCUT2D eigenvalue weighted by atomic mass is 19.4. The minimum atomic E-state index is -4.53. The number of hydrogen-bond donors (Lipinski definition) is 2. The van der Waals surface area contributed by atoms with Crippen molar-refractivity contribution in [3.8, 4) is 11.5 Å². The van der Waals surface area contributed by atoms with E-state index in [1.807, 2.05) is 0 Å². The maximum Gasteiger partial charge on any atom is 0.419 e. The number of aromatic amines is 1. The topological polar surface area (TPSA) is 98.9 Å². The van der Waals surface area contributed by atoms with E-state index in [9.17, 15) is 13.2 Å². The Bertz CT molecular complexity index is 878. The second kappa shape index (κ2) is 5.87. The Morgan fingerprint density at radius 3 is 2.75 bits per heavy atom. The molecule has 0 aliphatic carbocycles. The predicted octanol–water partition coefficient (Wildman–Crippen LogP) is 2.54. The van der Waals surface area contributed by atoms with Crippen molar-refractivity contribution in [3.05, 3.63) is 35.4 Å². The summed E-state index contributed by atoms with van der Waals surface area (Å²) in [5.74, 6) is 0.122. The number of para-hydroxylation sites is 1. The van der Waals surface area contributed by atoms with Crippen LogP contribution in [0.15, 0.2) is 24.3 Å². The number of fused-ring (bicyclic) bond motifs is 1. The number of aromatic nitrogens is 4. The van der Waals surface area contributed by atoms with Crippen molar-refractivity contribution in [2.45, 2.75) is 12.8 Å². The normalized spacial score (nSPS) is 11.7. The number of nitrogens with two attached hydrogens (primary N) is 1. The summed E-state index contributed by atoms with van der Waals surface area (Å²) in [6, 6.07) is 5.14. The zero-order valence-electron chi connectivity index (χ0n) is 12.4. The molecule has 0 saturated carbocycles. The minimum Gasteiger partial charge on any atom is -0.496 e. The van der Waals surface area contributed by atoms with E-state index in [2.05, 4.69) is 20.4 Å². The molecule has 0 amide bonds. The standard InChI is InChI=1S/C14H12F3N5O2/c1-23-12-7(3-2-4-8(12)14(15,16)17)6-24-9-5-10(18)19-13-11(9)20-22-21-13/h2-5H,6H2,1H3,(H3,18,19,20,21,22). The van der Waals surface area contributed by atoms with E-state index in [1.54, 1.807) is 0 Å². The average Bonchev–Trinajstić information content (AvgIpc) is 2.99. The molecule has 7 nitrogen and oxygen atoms in total. The first-order chi connectivity index (χ1) is 11.4. The summed E-state index contributed by atoms with van der Waals surface area (Å²) in [6.45, 7) is -0.168. The molecule has 3 aromatic rings. The van der Waals surface area contributed by atoms with Gasteiger partial charge in [0.15, 0.2) is 11.3 Å². The van der Waals surface area contributed by atoms with Crippen molar-refractivity contribution in [2.24, 2.45) is 0 Å². The average molecular weight is 339 g/mol. The van der Waals surface area contributed by atoms with Gasteiger partial charge in [0.1, 0.15) is 18.2 Å². The Balaban J connectivity index is 1.93. The number of ether oxygens (including phenoxy) is 2. The van der Waals surface area contributed by atoms with Gasteiger partial charge in [-0.3, -0.25) is 0 Å². The Hall–Kier alpha value is -3.04. The number of methoxy groups -OCH3 is 1. The highest BCUT2D eigenvalue weighted by Gasteiger charge is 2.35. The number of anilines is 1. The van der Waals surface area contributed by atoms with Crippen LogP contribution >= 0.6 is 0 Å². The van der Waals surface area contributed by atoms with Gasteiger partial charge in [-0.25, -0.2) is 4.98 Å². The molecule has 0 bridgehead atoms. The van der Waals surface area contributed by atoms with Crippen LogP contribution in [0.25, 0.3) is 11.2 Å². The van der Waals surface area contributed by atoms with Crippen LogP contribution in [0.4, 0.5) is 19.0 Å². The number of nitrogens with zero attached hydrogens (tertiary/aromatic N) is 3. The molecule has 0 aliphatic heterocycles. The summed E-state index contributed by atoms with van der Waals surface area (Å²) in [7, 11) is 1.17. The van der Waals surface area contributed by atoms with Gasteiger partial charge in [0.2, 0.25) is 5.65 Å². The van der Waals surface area contributed by atoms with Gasteiger partial charge < -0.3 is 15.2 Å². The van der Waals surface area contributed by atoms with Crippen LogP contribution < -0.4 is 15.2 Å². The summed E-state index contributed by atoms with van der Waals surface area (Å²) in [5.41, 5.74) is 5.59. The highest BCUT2D eigenvalue weighted by molar-refractivity contribution is 5.78. The molecular formula is C14H12F3N5O2. The first kappa shape index (κ1) is 15.8. The van der Waals surface area contributed by atoms with Gasteiger partial charge in [0.25, 0.3) is 0 Å². The monoisotopic (exact) mass is 339 g/mol. The SMILES string of the molecule is COc1c(COc2cc(N)nc3n[nH]nc23)cccc1C(F)(F)F. The van der Waals surface area contributed by atoms with E-state index in [4.69, 9.17) is 15.2 Å². The Morgan fingerprint density at radius 2 is 2.04 bits per heavy atom. The second-order valence-corrected chi connectivity index (χ2v) is 4.83. The Morgan fingerprint density at radius 1 is 1.25 bits per heavy atom. The molecule has 0 aliphatic rings. The number of H-pyrrole nitrogens is 1. The molecule has 10 heteroatoms. The van der Waals surface area contributed by atoms with E-state index in [1.165, 1.54) is 25.3 Å². The van der Waals surface area contributed by atoms with Crippen LogP contribution in [-0.2, 0) is 12.8 Å². The first-order valence-corrected chi connectivity index (χ1v) is 6.73. The summed E-state index contributed by atoms with van der Waals surface area (Å²) in [6.07, 6.45) is -4.53. The molecule has 0 radical (unpaired) electrons. The van der Waals surface area contributed by atoms with E-state index in [-0.39, 0.29) is 35.1 Å². The number of nitrogen functional groups attached to an aromatic ring is 1. The van der Waals surface area contributed by atoms with Gasteiger partial charge in [-0.1, -0.05) is 12.1 Å². The number of rotatable bonds is 4. The highest BCUT2D eigenvalue weighted by Crippen LogP contribution is 2.38. The maximum absolute atomic E-state index is 13.0. The lowest BCUT2D eigenvalue weighted by molar-refractivity contribution is -0.138. The lowest BCUT2D eigenvalue weighted by atomic mass is 10.1. The number of alkyl halides is 3. The first-order valence-electron chi connectivity index (χ1n) is 6.73. The number of benzene rings is 1. The van der Waals surface area contributed by atoms with E-state index in [0.29, 0.717) is 5.52 Å². The van der Waals surface area contributed by atoms with E-state index in [0.717, 1.165) is 6.07 Å². The predicted molar refractivity (Wildman–Crippen MR) is 78.4 cm³/mol. The summed E-state index contributed by atoms with van der Waals surface area (Å²) >= 11 is 0. The van der Waals surface area contributed by atoms with Crippen LogP contribution in [0.3, 0.4) is 0 Å². The van der Waals surface area contributed by atoms with E-state index >= 15 is 0 Å². The van der Waals surface area contributed by atoms with Gasteiger partial charge in [0, 0.05) is 11.6 Å². The molecule has 2 aromatic heterocycles. The Kier molecular flexibility index (Phi) is 3.87. The van der Waals surface area contributed by atoms with Gasteiger partial charge in [-0.2, -0.15) is 23.5 Å². The second-order valence-electron chi connectivity index (χ2n) is 4.83. The van der Waals surface area contributed by atoms with Gasteiger partial charge in [-0.05, 0) is 6.07 Å². The van der Waals surface area contributed by atoms with Crippen LogP contribution in [0, 0.1) is 0 Å². The van der Waals surface area contributed by atoms with Gasteiger partial charge in [-0.15, -0.1) is 5.10 Å². The lowest BCUT2D eigenvalue weighted by Gasteiger charge is -2.16. The van der Waals surface area contributed by atoms with Gasteiger partial charge in [0.05, 0.1) is 12.7 Å². The minimum absolute atomic E-state index is 0.155. The molecule has 3 N–H and O–H groups in total. The molecule has 0 spiro atoms. The summed E-state index contributed by atoms with van der Waals surface area (Å²) in [5, 5.41) is 10.1. The molecule has 0 fully saturated rings. The van der Waals surface area contributed by atoms with Crippen LogP contribution in [0.1, 0.15) is 11.1 Å². The molecule has 0 atom stereocenters. The third-order valence-corrected chi connectivity index (χ3v) is 3.27. The maximum atomic E-state index is 13.0. The van der Waals surface area contributed by atoms with E-state index < -0.39 is 11.7 Å². The molecule has 24 heavy (non-hydrogen) atoms. The fourth-order valence-electron chi connectivity index (χ4n) is 2.25. The Labute approximate surface area is 133 Å². The third-order valence-electron chi connectivity index (χ3n) is 3.27. The van der Waals surface area contributed by atoms with Crippen LogP contribution in [0.5, 0.6) is 11.5 Å². The zero-order valence-corrected chi connectivity index (χ0v) is 12.4. The zero-order chi connectivity index (χ0) is 17.3. The van der Waals surface area contributed by atoms with Crippen molar-refractivity contribution in [1.82, 2.24) is 20.4 Å². The van der Waals surface area contributed by atoms with Crippen molar-refractivity contribution in [1.29, 1.82) is 0 Å². The smallest absolute Gasteiger partial charge is 0.419 e. The third kappa shape index (κ3) is 2.90. The molecule has 3 rings (SSSR count). The lowest BCUT2D eigenvalue weighted by Crippen LogP contribution is -2.10. The quantitative estimate of drug-likeness (QED) is 0.758.